The lowest BCUT2D eigenvalue weighted by Crippen LogP contribution is -2.43. The number of carbonyl (C=O) groups is 2. The summed E-state index contributed by atoms with van der Waals surface area (Å²) in [7, 11) is 0. The van der Waals surface area contributed by atoms with Gasteiger partial charge >= 0.3 is 6.03 Å². The molecule has 1 aromatic rings. The van der Waals surface area contributed by atoms with Gasteiger partial charge in [0.15, 0.2) is 0 Å². The maximum Gasteiger partial charge on any atom is 0.318 e. The van der Waals surface area contributed by atoms with Crippen LogP contribution in [0.2, 0.25) is 0 Å². The molecule has 0 aromatic heterocycles. The largest absolute Gasteiger partial charge is 0.374 e. The molecule has 92 valence electrons. The van der Waals surface area contributed by atoms with Crippen LogP contribution in [0.5, 0.6) is 0 Å². The van der Waals surface area contributed by atoms with Gasteiger partial charge in [0.2, 0.25) is 5.91 Å². The van der Waals surface area contributed by atoms with E-state index in [-0.39, 0.29) is 0 Å². The summed E-state index contributed by atoms with van der Waals surface area (Å²) in [5, 5.41) is 4.99. The Bertz CT molecular complexity index is 448. The lowest BCUT2D eigenvalue weighted by atomic mass is 10.2. The van der Waals surface area contributed by atoms with Crippen molar-refractivity contribution in [2.24, 2.45) is 5.73 Å². The lowest BCUT2D eigenvalue weighted by Gasteiger charge is -2.14. The highest BCUT2D eigenvalue weighted by Gasteiger charge is 2.14. The van der Waals surface area contributed by atoms with Crippen LogP contribution in [0.25, 0.3) is 0 Å². The molecule has 0 unspecified atom stereocenters. The summed E-state index contributed by atoms with van der Waals surface area (Å²) in [5.41, 5.74) is 6.72. The Hall–Kier alpha value is -1.56. The molecule has 0 aliphatic heterocycles. The van der Waals surface area contributed by atoms with Crippen LogP contribution in [-0.4, -0.2) is 18.0 Å². The molecule has 0 aliphatic carbocycles. The number of amides is 3. The van der Waals surface area contributed by atoms with Gasteiger partial charge in [0.05, 0.1) is 0 Å². The number of imide groups is 1. The first-order valence-electron chi connectivity index (χ1n) is 5.03. The summed E-state index contributed by atoms with van der Waals surface area (Å²) >= 11 is 3.39. The number of nitrogens with two attached hydrogens (primary N) is 1. The van der Waals surface area contributed by atoms with Crippen molar-refractivity contribution < 1.29 is 9.59 Å². The summed E-state index contributed by atoms with van der Waals surface area (Å²) in [4.78, 5) is 21.9. The molecule has 0 fully saturated rings. The zero-order chi connectivity index (χ0) is 13.0. The highest BCUT2D eigenvalue weighted by Crippen LogP contribution is 2.20. The minimum absolute atomic E-state index is 0.460. The summed E-state index contributed by atoms with van der Waals surface area (Å²) in [6.45, 7) is 3.60. The van der Waals surface area contributed by atoms with Gasteiger partial charge in [-0.15, -0.1) is 0 Å². The van der Waals surface area contributed by atoms with Crippen molar-refractivity contribution in [3.05, 3.63) is 28.2 Å². The molecular weight excluding hydrogens is 286 g/mol. The molecule has 4 N–H and O–H groups in total. The zero-order valence-electron chi connectivity index (χ0n) is 9.58. The smallest absolute Gasteiger partial charge is 0.318 e. The molecule has 0 bridgehead atoms. The second kappa shape index (κ2) is 5.67. The SMILES string of the molecule is Cc1cc(N[C@@H](C)C(=O)NC(N)=O)ccc1Br. The molecular formula is C11H14BrN3O2. The molecule has 1 atom stereocenters. The van der Waals surface area contributed by atoms with E-state index in [0.717, 1.165) is 15.7 Å². The number of aryl methyl sites for hydroxylation is 1. The summed E-state index contributed by atoms with van der Waals surface area (Å²) in [6.07, 6.45) is 0. The number of nitrogens with one attached hydrogen (secondary N) is 2. The fourth-order valence-electron chi connectivity index (χ4n) is 1.28. The average molecular weight is 300 g/mol. The van der Waals surface area contributed by atoms with Crippen LogP contribution in [0.1, 0.15) is 12.5 Å². The standard InChI is InChI=1S/C11H14BrN3O2/c1-6-5-8(3-4-9(6)12)14-7(2)10(16)15-11(13)17/h3-5,7,14H,1-2H3,(H3,13,15,16,17)/t7-/m0/s1. The quantitative estimate of drug-likeness (QED) is 0.795. The second-order valence-corrected chi connectivity index (χ2v) is 4.54. The third kappa shape index (κ3) is 4.07. The molecule has 6 heteroatoms. The maximum absolute atomic E-state index is 11.4. The molecule has 17 heavy (non-hydrogen) atoms. The van der Waals surface area contributed by atoms with E-state index in [1.165, 1.54) is 0 Å². The third-order valence-corrected chi connectivity index (χ3v) is 3.07. The number of urea groups is 1. The predicted molar refractivity (Wildman–Crippen MR) is 69.7 cm³/mol. The van der Waals surface area contributed by atoms with Crippen LogP contribution in [0, 0.1) is 6.92 Å². The Balaban J connectivity index is 2.67. The molecule has 0 saturated heterocycles. The van der Waals surface area contributed by atoms with E-state index in [1.54, 1.807) is 6.92 Å². The molecule has 0 heterocycles. The zero-order valence-corrected chi connectivity index (χ0v) is 11.2. The van der Waals surface area contributed by atoms with Crippen LogP contribution in [0.4, 0.5) is 10.5 Å². The van der Waals surface area contributed by atoms with Gasteiger partial charge < -0.3 is 11.1 Å². The van der Waals surface area contributed by atoms with E-state index in [4.69, 9.17) is 5.73 Å². The number of primary amides is 1. The molecule has 0 saturated carbocycles. The van der Waals surface area contributed by atoms with Crippen molar-refractivity contribution in [3.63, 3.8) is 0 Å². The van der Waals surface area contributed by atoms with Gasteiger partial charge in [0.1, 0.15) is 6.04 Å². The Morgan fingerprint density at radius 3 is 2.59 bits per heavy atom. The fourth-order valence-corrected chi connectivity index (χ4v) is 1.53. The van der Waals surface area contributed by atoms with E-state index in [0.29, 0.717) is 0 Å². The van der Waals surface area contributed by atoms with E-state index in [1.807, 2.05) is 30.4 Å². The Labute approximate surface area is 108 Å². The number of halogens is 1. The van der Waals surface area contributed by atoms with E-state index in [2.05, 4.69) is 21.2 Å². The van der Waals surface area contributed by atoms with E-state index < -0.39 is 18.0 Å². The first-order valence-corrected chi connectivity index (χ1v) is 5.82. The number of carbonyl (C=O) groups excluding carboxylic acids is 2. The van der Waals surface area contributed by atoms with Gasteiger partial charge in [0, 0.05) is 10.2 Å². The van der Waals surface area contributed by atoms with Crippen molar-refractivity contribution in [1.82, 2.24) is 5.32 Å². The molecule has 1 rings (SSSR count). The normalized spacial score (nSPS) is 11.7. The molecule has 0 aliphatic rings. The van der Waals surface area contributed by atoms with Crippen LogP contribution >= 0.6 is 15.9 Å². The van der Waals surface area contributed by atoms with Gasteiger partial charge in [-0.3, -0.25) is 10.1 Å². The minimum Gasteiger partial charge on any atom is -0.374 e. The Morgan fingerprint density at radius 1 is 1.41 bits per heavy atom. The summed E-state index contributed by atoms with van der Waals surface area (Å²) in [6, 6.07) is 4.23. The van der Waals surface area contributed by atoms with Gasteiger partial charge in [-0.2, -0.15) is 0 Å². The highest BCUT2D eigenvalue weighted by molar-refractivity contribution is 9.10. The number of benzene rings is 1. The number of hydrogen-bond acceptors (Lipinski definition) is 3. The van der Waals surface area contributed by atoms with Crippen molar-refractivity contribution in [2.45, 2.75) is 19.9 Å². The maximum atomic E-state index is 11.4. The third-order valence-electron chi connectivity index (χ3n) is 2.18. The minimum atomic E-state index is -0.851. The first kappa shape index (κ1) is 13.5. The fraction of sp³-hybridized carbons (Fsp3) is 0.273. The summed E-state index contributed by atoms with van der Waals surface area (Å²) in [5.74, 6) is -0.460. The van der Waals surface area contributed by atoms with Crippen LogP contribution < -0.4 is 16.4 Å². The molecule has 0 spiro atoms. The number of hydrogen-bond donors (Lipinski definition) is 3. The molecule has 1 aromatic carbocycles. The van der Waals surface area contributed by atoms with Crippen LogP contribution in [-0.2, 0) is 4.79 Å². The van der Waals surface area contributed by atoms with Gasteiger partial charge in [-0.05, 0) is 37.6 Å². The van der Waals surface area contributed by atoms with Gasteiger partial charge in [-0.1, -0.05) is 15.9 Å². The van der Waals surface area contributed by atoms with Gasteiger partial charge in [-0.25, -0.2) is 4.79 Å². The highest BCUT2D eigenvalue weighted by atomic mass is 79.9. The van der Waals surface area contributed by atoms with Crippen molar-refractivity contribution >= 4 is 33.6 Å². The first-order chi connectivity index (χ1) is 7.90. The Kier molecular flexibility index (Phi) is 4.51. The molecule has 3 amide bonds. The predicted octanol–water partition coefficient (Wildman–Crippen LogP) is 1.75. The lowest BCUT2D eigenvalue weighted by molar-refractivity contribution is -0.120. The van der Waals surface area contributed by atoms with Crippen LogP contribution in [0.15, 0.2) is 22.7 Å². The van der Waals surface area contributed by atoms with E-state index >= 15 is 0 Å². The van der Waals surface area contributed by atoms with Gasteiger partial charge in [0.25, 0.3) is 0 Å². The topological polar surface area (TPSA) is 84.2 Å². The molecule has 5 nitrogen and oxygen atoms in total. The monoisotopic (exact) mass is 299 g/mol. The molecule has 0 radical (unpaired) electrons. The summed E-state index contributed by atoms with van der Waals surface area (Å²) < 4.78 is 0.997. The van der Waals surface area contributed by atoms with Crippen molar-refractivity contribution in [3.8, 4) is 0 Å². The van der Waals surface area contributed by atoms with Crippen molar-refractivity contribution in [2.75, 3.05) is 5.32 Å². The second-order valence-electron chi connectivity index (χ2n) is 3.68. The Morgan fingerprint density at radius 2 is 2.06 bits per heavy atom. The number of anilines is 1. The number of rotatable bonds is 3. The van der Waals surface area contributed by atoms with Crippen LogP contribution in [0.3, 0.4) is 0 Å². The van der Waals surface area contributed by atoms with Crippen molar-refractivity contribution in [1.29, 1.82) is 0 Å². The average Bonchev–Trinajstić information content (AvgIpc) is 2.22. The van der Waals surface area contributed by atoms with E-state index in [9.17, 15) is 9.59 Å².